The van der Waals surface area contributed by atoms with Crippen molar-refractivity contribution in [1.82, 2.24) is 15.1 Å². The van der Waals surface area contributed by atoms with Gasteiger partial charge in [0.1, 0.15) is 11.7 Å². The molecule has 0 aromatic carbocycles. The molecule has 0 saturated heterocycles. The Morgan fingerprint density at radius 2 is 2.06 bits per heavy atom. The lowest BCUT2D eigenvalue weighted by Gasteiger charge is -2.17. The Morgan fingerprint density at radius 1 is 1.47 bits per heavy atom. The standard InChI is InChI=1S/C11H17N3O3/c1-6(2)9(11(16)17)12-10(15)8-5-7(3)13-14(8)4/h5-6,9H,1-4H3,(H,12,15)(H,16,17)/t9-/m1/s1. The summed E-state index contributed by atoms with van der Waals surface area (Å²) < 4.78 is 1.43. The monoisotopic (exact) mass is 239 g/mol. The predicted molar refractivity (Wildman–Crippen MR) is 61.7 cm³/mol. The Morgan fingerprint density at radius 3 is 2.41 bits per heavy atom. The lowest BCUT2D eigenvalue weighted by Crippen LogP contribution is -2.44. The Labute approximate surface area is 99.6 Å². The molecule has 1 heterocycles. The van der Waals surface area contributed by atoms with Gasteiger partial charge in [-0.15, -0.1) is 0 Å². The number of carbonyl (C=O) groups is 2. The molecule has 0 aliphatic carbocycles. The molecule has 0 saturated carbocycles. The molecule has 1 aromatic heterocycles. The van der Waals surface area contributed by atoms with Crippen LogP contribution < -0.4 is 5.32 Å². The van der Waals surface area contributed by atoms with Crippen molar-refractivity contribution >= 4 is 11.9 Å². The Kier molecular flexibility index (Phi) is 3.88. The number of carbonyl (C=O) groups excluding carboxylic acids is 1. The molecule has 1 rings (SSSR count). The largest absolute Gasteiger partial charge is 0.480 e. The topological polar surface area (TPSA) is 84.2 Å². The number of aryl methyl sites for hydroxylation is 2. The molecule has 6 nitrogen and oxygen atoms in total. The molecule has 17 heavy (non-hydrogen) atoms. The first-order chi connectivity index (χ1) is 7.82. The van der Waals surface area contributed by atoms with Gasteiger partial charge in [0.05, 0.1) is 5.69 Å². The smallest absolute Gasteiger partial charge is 0.326 e. The zero-order valence-electron chi connectivity index (χ0n) is 10.4. The van der Waals surface area contributed by atoms with E-state index in [1.165, 1.54) is 4.68 Å². The van der Waals surface area contributed by atoms with Crippen LogP contribution in [-0.2, 0) is 11.8 Å². The second kappa shape index (κ2) is 4.99. The maximum atomic E-state index is 11.9. The summed E-state index contributed by atoms with van der Waals surface area (Å²) in [5.74, 6) is -1.63. The summed E-state index contributed by atoms with van der Waals surface area (Å²) in [6, 6.07) is 0.729. The summed E-state index contributed by atoms with van der Waals surface area (Å²) in [5, 5.41) is 15.5. The highest BCUT2D eigenvalue weighted by Gasteiger charge is 2.25. The van der Waals surface area contributed by atoms with Gasteiger partial charge >= 0.3 is 5.97 Å². The molecule has 0 aliphatic rings. The van der Waals surface area contributed by atoms with Crippen molar-refractivity contribution in [2.24, 2.45) is 13.0 Å². The van der Waals surface area contributed by atoms with Crippen LogP contribution in [0.15, 0.2) is 6.07 Å². The fraction of sp³-hybridized carbons (Fsp3) is 0.545. The average Bonchev–Trinajstić information content (AvgIpc) is 2.53. The van der Waals surface area contributed by atoms with Crippen molar-refractivity contribution in [2.45, 2.75) is 26.8 Å². The van der Waals surface area contributed by atoms with Crippen LogP contribution in [0.3, 0.4) is 0 Å². The van der Waals surface area contributed by atoms with Crippen LogP contribution in [0.1, 0.15) is 30.0 Å². The van der Waals surface area contributed by atoms with Crippen molar-refractivity contribution in [3.05, 3.63) is 17.5 Å². The van der Waals surface area contributed by atoms with Crippen LogP contribution >= 0.6 is 0 Å². The van der Waals surface area contributed by atoms with Crippen molar-refractivity contribution < 1.29 is 14.7 Å². The van der Waals surface area contributed by atoms with Gasteiger partial charge < -0.3 is 10.4 Å². The minimum absolute atomic E-state index is 0.175. The third-order valence-electron chi connectivity index (χ3n) is 2.45. The summed E-state index contributed by atoms with van der Waals surface area (Å²) in [6.45, 7) is 5.26. The molecule has 6 heteroatoms. The van der Waals surface area contributed by atoms with Crippen LogP contribution in [0.2, 0.25) is 0 Å². The van der Waals surface area contributed by atoms with Crippen LogP contribution in [0.5, 0.6) is 0 Å². The Hall–Kier alpha value is -1.85. The molecule has 1 aromatic rings. The number of aromatic nitrogens is 2. The zero-order chi connectivity index (χ0) is 13.2. The van der Waals surface area contributed by atoms with E-state index in [9.17, 15) is 9.59 Å². The van der Waals surface area contributed by atoms with Gasteiger partial charge in [-0.25, -0.2) is 4.79 Å². The highest BCUT2D eigenvalue weighted by Crippen LogP contribution is 2.06. The summed E-state index contributed by atoms with van der Waals surface area (Å²) in [5.41, 5.74) is 1.07. The summed E-state index contributed by atoms with van der Waals surface area (Å²) in [7, 11) is 1.65. The van der Waals surface area contributed by atoms with Crippen LogP contribution in [-0.4, -0.2) is 32.8 Å². The van der Waals surface area contributed by atoms with Gasteiger partial charge in [-0.3, -0.25) is 9.48 Å². The lowest BCUT2D eigenvalue weighted by atomic mass is 10.0. The van der Waals surface area contributed by atoms with Gasteiger partial charge in [-0.05, 0) is 18.9 Å². The zero-order valence-corrected chi connectivity index (χ0v) is 10.4. The van der Waals surface area contributed by atoms with E-state index in [0.717, 1.165) is 0 Å². The maximum absolute atomic E-state index is 11.9. The van der Waals surface area contributed by atoms with E-state index in [2.05, 4.69) is 10.4 Å². The molecule has 0 bridgehead atoms. The van der Waals surface area contributed by atoms with Gasteiger partial charge in [0, 0.05) is 7.05 Å². The van der Waals surface area contributed by atoms with E-state index in [4.69, 9.17) is 5.11 Å². The SMILES string of the molecule is Cc1cc(C(=O)N[C@@H](C(=O)O)C(C)C)n(C)n1. The Balaban J connectivity index is 2.85. The molecule has 0 radical (unpaired) electrons. The molecule has 94 valence electrons. The van der Waals surface area contributed by atoms with E-state index in [0.29, 0.717) is 11.4 Å². The van der Waals surface area contributed by atoms with Crippen LogP contribution in [0.4, 0.5) is 0 Å². The quantitative estimate of drug-likeness (QED) is 0.804. The van der Waals surface area contributed by atoms with Gasteiger partial charge in [0.15, 0.2) is 0 Å². The van der Waals surface area contributed by atoms with Crippen molar-refractivity contribution in [3.63, 3.8) is 0 Å². The fourth-order valence-electron chi connectivity index (χ4n) is 1.55. The molecule has 0 aliphatic heterocycles. The maximum Gasteiger partial charge on any atom is 0.326 e. The van der Waals surface area contributed by atoms with Crippen molar-refractivity contribution in [1.29, 1.82) is 0 Å². The van der Waals surface area contributed by atoms with E-state index in [-0.39, 0.29) is 5.92 Å². The summed E-state index contributed by atoms with van der Waals surface area (Å²) in [4.78, 5) is 22.8. The first-order valence-corrected chi connectivity index (χ1v) is 5.37. The average molecular weight is 239 g/mol. The van der Waals surface area contributed by atoms with E-state index in [1.807, 2.05) is 0 Å². The molecular formula is C11H17N3O3. The third-order valence-corrected chi connectivity index (χ3v) is 2.45. The van der Waals surface area contributed by atoms with Crippen LogP contribution in [0.25, 0.3) is 0 Å². The first kappa shape index (κ1) is 13.2. The number of aliphatic carboxylic acids is 1. The predicted octanol–water partition coefficient (Wildman–Crippen LogP) is 0.568. The van der Waals surface area contributed by atoms with E-state index in [1.54, 1.807) is 33.9 Å². The van der Waals surface area contributed by atoms with Gasteiger partial charge in [-0.2, -0.15) is 5.10 Å². The van der Waals surface area contributed by atoms with E-state index >= 15 is 0 Å². The number of hydrogen-bond donors (Lipinski definition) is 2. The summed E-state index contributed by atoms with van der Waals surface area (Å²) in [6.07, 6.45) is 0. The minimum atomic E-state index is -1.03. The van der Waals surface area contributed by atoms with Gasteiger partial charge in [0.25, 0.3) is 5.91 Å². The first-order valence-electron chi connectivity index (χ1n) is 5.37. The van der Waals surface area contributed by atoms with Crippen molar-refractivity contribution in [3.8, 4) is 0 Å². The number of nitrogens with zero attached hydrogens (tertiary/aromatic N) is 2. The molecule has 0 unspecified atom stereocenters. The lowest BCUT2D eigenvalue weighted by molar-refractivity contribution is -0.140. The summed E-state index contributed by atoms with van der Waals surface area (Å²) >= 11 is 0. The van der Waals surface area contributed by atoms with Gasteiger partial charge in [-0.1, -0.05) is 13.8 Å². The Bertz CT molecular complexity index is 437. The molecule has 1 amide bonds. The highest BCUT2D eigenvalue weighted by molar-refractivity contribution is 5.95. The van der Waals surface area contributed by atoms with Crippen molar-refractivity contribution in [2.75, 3.05) is 0 Å². The number of carboxylic acid groups (broad SMARTS) is 1. The second-order valence-corrected chi connectivity index (χ2v) is 4.33. The number of rotatable bonds is 4. The second-order valence-electron chi connectivity index (χ2n) is 4.33. The molecule has 2 N–H and O–H groups in total. The minimum Gasteiger partial charge on any atom is -0.480 e. The van der Waals surface area contributed by atoms with E-state index < -0.39 is 17.9 Å². The number of hydrogen-bond acceptors (Lipinski definition) is 3. The normalized spacial score (nSPS) is 12.5. The molecule has 0 spiro atoms. The van der Waals surface area contributed by atoms with Gasteiger partial charge in [0.2, 0.25) is 0 Å². The molecule has 1 atom stereocenters. The fourth-order valence-corrected chi connectivity index (χ4v) is 1.55. The highest BCUT2D eigenvalue weighted by atomic mass is 16.4. The third kappa shape index (κ3) is 3.05. The molecule has 0 fully saturated rings. The number of amides is 1. The molecular weight excluding hydrogens is 222 g/mol. The van der Waals surface area contributed by atoms with Crippen LogP contribution in [0, 0.1) is 12.8 Å². The number of carboxylic acids is 1. The number of nitrogens with one attached hydrogen (secondary N) is 1.